The fraction of sp³-hybridized carbons (Fsp3) is 0.286. The summed E-state index contributed by atoms with van der Waals surface area (Å²) in [5.74, 6) is 1.75. The largest absolute Gasteiger partial charge is 0.497 e. The molecule has 26 heavy (non-hydrogen) atoms. The lowest BCUT2D eigenvalue weighted by Crippen LogP contribution is -2.26. The van der Waals surface area contributed by atoms with Crippen LogP contribution in [0.4, 0.5) is 0 Å². The van der Waals surface area contributed by atoms with Crippen LogP contribution in [-0.2, 0) is 17.8 Å². The Kier molecular flexibility index (Phi) is 5.79. The predicted molar refractivity (Wildman–Crippen MR) is 103 cm³/mol. The third kappa shape index (κ3) is 4.17. The summed E-state index contributed by atoms with van der Waals surface area (Å²) in [7, 11) is 3.32. The number of hydrogen-bond donors (Lipinski definition) is 1. The van der Waals surface area contributed by atoms with Gasteiger partial charge in [-0.05, 0) is 42.3 Å². The number of carbonyl (C=O) groups is 1. The van der Waals surface area contributed by atoms with Crippen molar-refractivity contribution in [1.29, 1.82) is 0 Å². The molecule has 5 heteroatoms. The summed E-state index contributed by atoms with van der Waals surface area (Å²) in [5.41, 5.74) is 2.20. The number of aromatic nitrogens is 1. The molecule has 0 radical (unpaired) electrons. The Hall–Kier alpha value is -2.95. The zero-order valence-electron chi connectivity index (χ0n) is 15.2. The van der Waals surface area contributed by atoms with Gasteiger partial charge in [0.25, 0.3) is 0 Å². The van der Waals surface area contributed by atoms with Gasteiger partial charge in [-0.2, -0.15) is 0 Å². The summed E-state index contributed by atoms with van der Waals surface area (Å²) in [6.45, 7) is 1.25. The average Bonchev–Trinajstić information content (AvgIpc) is 3.08. The molecule has 136 valence electrons. The lowest BCUT2D eigenvalue weighted by molar-refractivity contribution is -0.121. The minimum absolute atomic E-state index is 0.0512. The maximum atomic E-state index is 12.1. The summed E-state index contributed by atoms with van der Waals surface area (Å²) in [5, 5.41) is 4.10. The molecule has 0 aliphatic heterocycles. The standard InChI is InChI=1S/C21H24N2O3/c1-25-18-7-8-19-17(15-18)10-13-23(19)14-11-21(24)22-12-9-16-5-3-4-6-20(16)26-2/h3-8,10,13,15H,9,11-12,14H2,1-2H3,(H,22,24). The molecule has 1 aromatic heterocycles. The van der Waals surface area contributed by atoms with Crippen molar-refractivity contribution in [1.82, 2.24) is 9.88 Å². The molecule has 0 aliphatic carbocycles. The maximum Gasteiger partial charge on any atom is 0.221 e. The van der Waals surface area contributed by atoms with Crippen LogP contribution in [0.3, 0.4) is 0 Å². The normalized spacial score (nSPS) is 10.7. The molecule has 0 saturated heterocycles. The monoisotopic (exact) mass is 352 g/mol. The molecule has 0 atom stereocenters. The number of nitrogens with zero attached hydrogens (tertiary/aromatic N) is 1. The fourth-order valence-corrected chi connectivity index (χ4v) is 3.06. The van der Waals surface area contributed by atoms with Gasteiger partial charge in [0.2, 0.25) is 5.91 Å². The first-order valence-corrected chi connectivity index (χ1v) is 8.72. The van der Waals surface area contributed by atoms with E-state index in [-0.39, 0.29) is 5.91 Å². The van der Waals surface area contributed by atoms with Gasteiger partial charge in [0.1, 0.15) is 11.5 Å². The second kappa shape index (κ2) is 8.43. The Bertz CT molecular complexity index is 886. The van der Waals surface area contributed by atoms with E-state index in [2.05, 4.69) is 9.88 Å². The van der Waals surface area contributed by atoms with Crippen molar-refractivity contribution < 1.29 is 14.3 Å². The van der Waals surface area contributed by atoms with E-state index >= 15 is 0 Å². The van der Waals surface area contributed by atoms with E-state index in [9.17, 15) is 4.79 Å². The molecule has 0 saturated carbocycles. The number of methoxy groups -OCH3 is 2. The number of carbonyl (C=O) groups excluding carboxylic acids is 1. The molecule has 1 N–H and O–H groups in total. The maximum absolute atomic E-state index is 12.1. The van der Waals surface area contributed by atoms with E-state index in [0.29, 0.717) is 19.5 Å². The Balaban J connectivity index is 1.50. The topological polar surface area (TPSA) is 52.5 Å². The van der Waals surface area contributed by atoms with E-state index in [4.69, 9.17) is 9.47 Å². The van der Waals surface area contributed by atoms with Gasteiger partial charge in [-0.25, -0.2) is 0 Å². The minimum atomic E-state index is 0.0512. The van der Waals surface area contributed by atoms with Gasteiger partial charge >= 0.3 is 0 Å². The molecule has 1 heterocycles. The number of fused-ring (bicyclic) bond motifs is 1. The summed E-state index contributed by atoms with van der Waals surface area (Å²) < 4.78 is 12.7. The molecule has 0 aliphatic rings. The lowest BCUT2D eigenvalue weighted by Gasteiger charge is -2.10. The minimum Gasteiger partial charge on any atom is -0.497 e. The Labute approximate surface area is 153 Å². The molecule has 0 bridgehead atoms. The van der Waals surface area contributed by atoms with Crippen molar-refractivity contribution >= 4 is 16.8 Å². The summed E-state index contributed by atoms with van der Waals surface area (Å²) in [6.07, 6.45) is 3.20. The summed E-state index contributed by atoms with van der Waals surface area (Å²) >= 11 is 0. The highest BCUT2D eigenvalue weighted by Crippen LogP contribution is 2.22. The van der Waals surface area contributed by atoms with Crippen LogP contribution in [0.5, 0.6) is 11.5 Å². The van der Waals surface area contributed by atoms with Crippen molar-refractivity contribution in [2.24, 2.45) is 0 Å². The van der Waals surface area contributed by atoms with Gasteiger partial charge in [-0.1, -0.05) is 18.2 Å². The van der Waals surface area contributed by atoms with Crippen molar-refractivity contribution in [3.8, 4) is 11.5 Å². The number of benzene rings is 2. The van der Waals surface area contributed by atoms with E-state index in [1.54, 1.807) is 14.2 Å². The molecule has 1 amide bonds. The van der Waals surface area contributed by atoms with Crippen LogP contribution in [0, 0.1) is 0 Å². The highest BCUT2D eigenvalue weighted by atomic mass is 16.5. The number of ether oxygens (including phenoxy) is 2. The first-order valence-electron chi connectivity index (χ1n) is 8.72. The number of aryl methyl sites for hydroxylation is 1. The molecule has 3 rings (SSSR count). The van der Waals surface area contributed by atoms with Gasteiger partial charge in [-0.15, -0.1) is 0 Å². The molecule has 0 fully saturated rings. The molecule has 5 nitrogen and oxygen atoms in total. The van der Waals surface area contributed by atoms with Crippen LogP contribution in [0.1, 0.15) is 12.0 Å². The van der Waals surface area contributed by atoms with Gasteiger partial charge in [-0.3, -0.25) is 4.79 Å². The Morgan fingerprint density at radius 2 is 1.92 bits per heavy atom. The molecule has 2 aromatic carbocycles. The van der Waals surface area contributed by atoms with Crippen LogP contribution < -0.4 is 14.8 Å². The van der Waals surface area contributed by atoms with Crippen LogP contribution in [0.15, 0.2) is 54.7 Å². The van der Waals surface area contributed by atoms with Crippen molar-refractivity contribution in [2.75, 3.05) is 20.8 Å². The number of nitrogens with one attached hydrogen (secondary N) is 1. The van der Waals surface area contributed by atoms with Crippen molar-refractivity contribution in [3.05, 3.63) is 60.3 Å². The third-order valence-electron chi connectivity index (χ3n) is 4.47. The second-order valence-electron chi connectivity index (χ2n) is 6.10. The van der Waals surface area contributed by atoms with Gasteiger partial charge in [0.15, 0.2) is 0 Å². The van der Waals surface area contributed by atoms with E-state index < -0.39 is 0 Å². The SMILES string of the molecule is COc1ccc2c(ccn2CCC(=O)NCCc2ccccc2OC)c1. The summed E-state index contributed by atoms with van der Waals surface area (Å²) in [4.78, 5) is 12.1. The smallest absolute Gasteiger partial charge is 0.221 e. The van der Waals surface area contributed by atoms with Crippen LogP contribution in [-0.4, -0.2) is 31.2 Å². The fourth-order valence-electron chi connectivity index (χ4n) is 3.06. The molecule has 0 spiro atoms. The predicted octanol–water partition coefficient (Wildman–Crippen LogP) is 3.41. The zero-order chi connectivity index (χ0) is 18.4. The first-order chi connectivity index (χ1) is 12.7. The first kappa shape index (κ1) is 17.9. The Morgan fingerprint density at radius 3 is 2.73 bits per heavy atom. The molecular formula is C21H24N2O3. The highest BCUT2D eigenvalue weighted by Gasteiger charge is 2.07. The lowest BCUT2D eigenvalue weighted by atomic mass is 10.1. The Morgan fingerprint density at radius 1 is 1.08 bits per heavy atom. The zero-order valence-corrected chi connectivity index (χ0v) is 15.2. The van der Waals surface area contributed by atoms with E-state index in [1.165, 1.54) is 0 Å². The molecule has 0 unspecified atom stereocenters. The van der Waals surface area contributed by atoms with Gasteiger partial charge < -0.3 is 19.4 Å². The number of amides is 1. The van der Waals surface area contributed by atoms with Crippen LogP contribution >= 0.6 is 0 Å². The van der Waals surface area contributed by atoms with Crippen LogP contribution in [0.25, 0.3) is 10.9 Å². The third-order valence-corrected chi connectivity index (χ3v) is 4.47. The molecular weight excluding hydrogens is 328 g/mol. The molecule has 3 aromatic rings. The second-order valence-corrected chi connectivity index (χ2v) is 6.10. The van der Waals surface area contributed by atoms with Gasteiger partial charge in [0, 0.05) is 36.6 Å². The van der Waals surface area contributed by atoms with Crippen molar-refractivity contribution in [3.63, 3.8) is 0 Å². The van der Waals surface area contributed by atoms with Gasteiger partial charge in [0.05, 0.1) is 14.2 Å². The van der Waals surface area contributed by atoms with Crippen molar-refractivity contribution in [2.45, 2.75) is 19.4 Å². The number of rotatable bonds is 8. The number of hydrogen-bond acceptors (Lipinski definition) is 3. The average molecular weight is 352 g/mol. The summed E-state index contributed by atoms with van der Waals surface area (Å²) in [6, 6.07) is 15.9. The number of para-hydroxylation sites is 1. The van der Waals surface area contributed by atoms with E-state index in [1.807, 2.05) is 54.7 Å². The quantitative estimate of drug-likeness (QED) is 0.676. The van der Waals surface area contributed by atoms with Crippen LogP contribution in [0.2, 0.25) is 0 Å². The highest BCUT2D eigenvalue weighted by molar-refractivity contribution is 5.82. The van der Waals surface area contributed by atoms with E-state index in [0.717, 1.165) is 34.4 Å².